The third-order valence-electron chi connectivity index (χ3n) is 3.37. The maximum Gasteiger partial charge on any atom is 0.340 e. The summed E-state index contributed by atoms with van der Waals surface area (Å²) < 4.78 is 37.3. The molecule has 0 heterocycles. The molecule has 0 aliphatic heterocycles. The molecule has 0 saturated carbocycles. The molecule has 2 aromatic carbocycles. The van der Waals surface area contributed by atoms with Crippen LogP contribution in [0, 0.1) is 0 Å². The quantitative estimate of drug-likeness (QED) is 0.705. The fourth-order valence-electron chi connectivity index (χ4n) is 1.99. The van der Waals surface area contributed by atoms with E-state index in [-0.39, 0.29) is 16.1 Å². The number of rotatable bonds is 7. The minimum absolute atomic E-state index is 0.00603. The third kappa shape index (κ3) is 4.73. The lowest BCUT2D eigenvalue weighted by atomic mass is 10.2. The number of anilines is 1. The summed E-state index contributed by atoms with van der Waals surface area (Å²) >= 11 is 0. The minimum Gasteiger partial charge on any atom is -0.497 e. The summed E-state index contributed by atoms with van der Waals surface area (Å²) in [4.78, 5) is 23.3. The summed E-state index contributed by atoms with van der Waals surface area (Å²) in [5, 5.41) is 2.32. The molecule has 26 heavy (non-hydrogen) atoms. The van der Waals surface area contributed by atoms with E-state index in [0.29, 0.717) is 5.75 Å². The van der Waals surface area contributed by atoms with E-state index in [1.54, 1.807) is 12.1 Å². The van der Waals surface area contributed by atoms with Crippen molar-refractivity contribution < 1.29 is 27.5 Å². The van der Waals surface area contributed by atoms with E-state index in [2.05, 4.69) is 10.0 Å². The monoisotopic (exact) mass is 378 g/mol. The van der Waals surface area contributed by atoms with Crippen molar-refractivity contribution in [3.63, 3.8) is 0 Å². The second kappa shape index (κ2) is 8.34. The summed E-state index contributed by atoms with van der Waals surface area (Å²) in [7, 11) is -1.04. The number of ether oxygens (including phenoxy) is 2. The predicted molar refractivity (Wildman–Crippen MR) is 94.6 cm³/mol. The molecule has 2 N–H and O–H groups in total. The highest BCUT2D eigenvalue weighted by atomic mass is 32.2. The number of para-hydroxylation sites is 1. The predicted octanol–water partition coefficient (Wildman–Crippen LogP) is 1.40. The van der Waals surface area contributed by atoms with E-state index in [1.165, 1.54) is 50.6 Å². The Bertz CT molecular complexity index is 894. The zero-order valence-corrected chi connectivity index (χ0v) is 15.0. The van der Waals surface area contributed by atoms with Crippen LogP contribution >= 0.6 is 0 Å². The van der Waals surface area contributed by atoms with Gasteiger partial charge in [0, 0.05) is 7.05 Å². The van der Waals surface area contributed by atoms with Crippen molar-refractivity contribution in [1.82, 2.24) is 5.32 Å². The average molecular weight is 378 g/mol. The highest BCUT2D eigenvalue weighted by molar-refractivity contribution is 7.92. The molecule has 1 amide bonds. The number of hydrogen-bond acceptors (Lipinski definition) is 6. The Hall–Kier alpha value is -3.07. The van der Waals surface area contributed by atoms with E-state index in [4.69, 9.17) is 9.47 Å². The van der Waals surface area contributed by atoms with Crippen LogP contribution in [0.15, 0.2) is 53.4 Å². The molecule has 9 heteroatoms. The van der Waals surface area contributed by atoms with Gasteiger partial charge in [-0.25, -0.2) is 13.2 Å². The number of hydrogen-bond donors (Lipinski definition) is 2. The SMILES string of the molecule is CNC(=O)COC(=O)c1ccccc1NS(=O)(=O)c1ccc(OC)cc1. The number of esters is 1. The number of amides is 1. The van der Waals surface area contributed by atoms with Gasteiger partial charge in [0.05, 0.1) is 23.3 Å². The fraction of sp³-hybridized carbons (Fsp3) is 0.176. The molecule has 0 spiro atoms. The van der Waals surface area contributed by atoms with E-state index in [1.807, 2.05) is 0 Å². The van der Waals surface area contributed by atoms with Crippen LogP contribution in [0.2, 0.25) is 0 Å². The molecule has 0 aromatic heterocycles. The van der Waals surface area contributed by atoms with Gasteiger partial charge in [0.2, 0.25) is 0 Å². The molecule has 0 bridgehead atoms. The number of nitrogens with one attached hydrogen (secondary N) is 2. The lowest BCUT2D eigenvalue weighted by Crippen LogP contribution is -2.25. The van der Waals surface area contributed by atoms with Gasteiger partial charge in [-0.2, -0.15) is 0 Å². The highest BCUT2D eigenvalue weighted by Crippen LogP contribution is 2.22. The van der Waals surface area contributed by atoms with Crippen molar-refractivity contribution in [3.8, 4) is 5.75 Å². The minimum atomic E-state index is -3.92. The first-order chi connectivity index (χ1) is 12.4. The fourth-order valence-corrected chi connectivity index (χ4v) is 3.07. The molecule has 2 rings (SSSR count). The van der Waals surface area contributed by atoms with E-state index in [0.717, 1.165) is 0 Å². The standard InChI is InChI=1S/C17H18N2O6S/c1-18-16(20)11-25-17(21)14-5-3-4-6-15(14)19-26(22,23)13-9-7-12(24-2)8-10-13/h3-10,19H,11H2,1-2H3,(H,18,20). The summed E-state index contributed by atoms with van der Waals surface area (Å²) in [6.07, 6.45) is 0. The number of sulfonamides is 1. The first-order valence-electron chi connectivity index (χ1n) is 7.51. The highest BCUT2D eigenvalue weighted by Gasteiger charge is 2.20. The van der Waals surface area contributed by atoms with Gasteiger partial charge < -0.3 is 14.8 Å². The van der Waals surface area contributed by atoms with Crippen LogP contribution in [0.25, 0.3) is 0 Å². The number of methoxy groups -OCH3 is 1. The number of likely N-dealkylation sites (N-methyl/N-ethyl adjacent to an activating group) is 1. The van der Waals surface area contributed by atoms with Gasteiger partial charge >= 0.3 is 5.97 Å². The van der Waals surface area contributed by atoms with Crippen molar-refractivity contribution >= 4 is 27.6 Å². The molecule has 0 atom stereocenters. The first kappa shape index (κ1) is 19.3. The lowest BCUT2D eigenvalue weighted by molar-refractivity contribution is -0.123. The first-order valence-corrected chi connectivity index (χ1v) is 8.99. The zero-order valence-electron chi connectivity index (χ0n) is 14.2. The Labute approximate surface area is 151 Å². The summed E-state index contributed by atoms with van der Waals surface area (Å²) in [6.45, 7) is -0.463. The van der Waals surface area contributed by atoms with Crippen LogP contribution < -0.4 is 14.8 Å². The smallest absolute Gasteiger partial charge is 0.340 e. The molecule has 0 radical (unpaired) electrons. The molecule has 0 unspecified atom stereocenters. The summed E-state index contributed by atoms with van der Waals surface area (Å²) in [6, 6.07) is 11.7. The van der Waals surface area contributed by atoms with Gasteiger partial charge in [0.25, 0.3) is 15.9 Å². The van der Waals surface area contributed by atoms with Gasteiger partial charge in [0.15, 0.2) is 6.61 Å². The largest absolute Gasteiger partial charge is 0.497 e. The molecule has 8 nitrogen and oxygen atoms in total. The Morgan fingerprint density at radius 2 is 1.69 bits per heavy atom. The van der Waals surface area contributed by atoms with Crippen molar-refractivity contribution in [2.75, 3.05) is 25.5 Å². The zero-order chi connectivity index (χ0) is 19.2. The van der Waals surface area contributed by atoms with Crippen LogP contribution in [0.5, 0.6) is 5.75 Å². The van der Waals surface area contributed by atoms with E-state index >= 15 is 0 Å². The van der Waals surface area contributed by atoms with Crippen LogP contribution in [0.1, 0.15) is 10.4 Å². The van der Waals surface area contributed by atoms with Gasteiger partial charge in [-0.05, 0) is 36.4 Å². The summed E-state index contributed by atoms with van der Waals surface area (Å²) in [5.41, 5.74) is 0.0405. The normalized spacial score (nSPS) is 10.7. The third-order valence-corrected chi connectivity index (χ3v) is 4.76. The molecule has 0 aliphatic carbocycles. The molecular weight excluding hydrogens is 360 g/mol. The number of benzene rings is 2. The molecule has 0 aliphatic rings. The van der Waals surface area contributed by atoms with Gasteiger partial charge in [-0.15, -0.1) is 0 Å². The Morgan fingerprint density at radius 3 is 2.31 bits per heavy atom. The van der Waals surface area contributed by atoms with Crippen LogP contribution in [0.3, 0.4) is 0 Å². The number of carbonyl (C=O) groups is 2. The summed E-state index contributed by atoms with van der Waals surface area (Å²) in [5.74, 6) is -0.779. The van der Waals surface area contributed by atoms with Crippen LogP contribution in [-0.2, 0) is 19.6 Å². The Morgan fingerprint density at radius 1 is 1.04 bits per heavy atom. The second-order valence-corrected chi connectivity index (χ2v) is 6.76. The van der Waals surface area contributed by atoms with Crippen molar-refractivity contribution in [1.29, 1.82) is 0 Å². The Balaban J connectivity index is 2.23. The van der Waals surface area contributed by atoms with Crippen molar-refractivity contribution in [3.05, 3.63) is 54.1 Å². The molecule has 2 aromatic rings. The molecule has 0 saturated heterocycles. The maximum atomic E-state index is 12.5. The van der Waals surface area contributed by atoms with Crippen LogP contribution in [-0.4, -0.2) is 41.1 Å². The Kier molecular flexibility index (Phi) is 6.18. The molecule has 138 valence electrons. The average Bonchev–Trinajstić information content (AvgIpc) is 2.66. The van der Waals surface area contributed by atoms with Gasteiger partial charge in [-0.3, -0.25) is 9.52 Å². The molecular formula is C17H18N2O6S. The van der Waals surface area contributed by atoms with Gasteiger partial charge in [0.1, 0.15) is 5.75 Å². The second-order valence-electron chi connectivity index (χ2n) is 5.08. The topological polar surface area (TPSA) is 111 Å². The number of carbonyl (C=O) groups excluding carboxylic acids is 2. The van der Waals surface area contributed by atoms with E-state index < -0.39 is 28.5 Å². The molecule has 0 fully saturated rings. The maximum absolute atomic E-state index is 12.5. The van der Waals surface area contributed by atoms with Crippen molar-refractivity contribution in [2.45, 2.75) is 4.90 Å². The van der Waals surface area contributed by atoms with Crippen molar-refractivity contribution in [2.24, 2.45) is 0 Å². The van der Waals surface area contributed by atoms with Gasteiger partial charge in [-0.1, -0.05) is 12.1 Å². The van der Waals surface area contributed by atoms with Crippen LogP contribution in [0.4, 0.5) is 5.69 Å². The van der Waals surface area contributed by atoms with E-state index in [9.17, 15) is 18.0 Å². The lowest BCUT2D eigenvalue weighted by Gasteiger charge is -2.12.